The molecule has 3 nitrogen and oxygen atoms in total. The van der Waals surface area contributed by atoms with E-state index in [1.54, 1.807) is 23.5 Å². The van der Waals surface area contributed by atoms with E-state index in [4.69, 9.17) is 0 Å². The number of halogens is 1. The first kappa shape index (κ1) is 12.3. The summed E-state index contributed by atoms with van der Waals surface area (Å²) >= 11 is 1.61. The second kappa shape index (κ2) is 5.11. The van der Waals surface area contributed by atoms with Crippen LogP contribution in [0, 0.1) is 5.82 Å². The molecule has 0 bridgehead atoms. The lowest BCUT2D eigenvalue weighted by molar-refractivity contribution is 0.525. The summed E-state index contributed by atoms with van der Waals surface area (Å²) < 4.78 is 15.6. The van der Waals surface area contributed by atoms with Gasteiger partial charge in [0.15, 0.2) is 4.96 Å². The minimum atomic E-state index is -0.173. The van der Waals surface area contributed by atoms with Gasteiger partial charge in [-0.1, -0.05) is 18.2 Å². The number of aromatic nitrogens is 2. The number of fused-ring (bicyclic) bond motifs is 1. The van der Waals surface area contributed by atoms with Gasteiger partial charge < -0.3 is 5.32 Å². The van der Waals surface area contributed by atoms with Crippen LogP contribution in [0.3, 0.4) is 0 Å². The molecule has 0 saturated carbocycles. The predicted molar refractivity (Wildman–Crippen MR) is 74.7 cm³/mol. The number of rotatable bonds is 4. The van der Waals surface area contributed by atoms with Crippen molar-refractivity contribution >= 4 is 16.3 Å². The van der Waals surface area contributed by atoms with E-state index in [0.29, 0.717) is 12.1 Å². The molecule has 5 heteroatoms. The van der Waals surface area contributed by atoms with Gasteiger partial charge in [0.2, 0.25) is 0 Å². The molecule has 0 amide bonds. The minimum absolute atomic E-state index is 0.0408. The Morgan fingerprint density at radius 2 is 2.26 bits per heavy atom. The Bertz CT molecular complexity index is 660. The molecule has 0 aliphatic heterocycles. The molecular weight excluding hydrogens is 261 g/mol. The summed E-state index contributed by atoms with van der Waals surface area (Å²) in [6, 6.07) is 6.80. The molecule has 0 unspecified atom stereocenters. The zero-order valence-electron chi connectivity index (χ0n) is 10.5. The van der Waals surface area contributed by atoms with E-state index in [1.165, 1.54) is 6.07 Å². The van der Waals surface area contributed by atoms with E-state index in [-0.39, 0.29) is 11.9 Å². The van der Waals surface area contributed by atoms with Gasteiger partial charge in [-0.2, -0.15) is 0 Å². The first-order valence-electron chi connectivity index (χ1n) is 6.13. The fraction of sp³-hybridized carbons (Fsp3) is 0.214. The highest BCUT2D eigenvalue weighted by atomic mass is 32.1. The van der Waals surface area contributed by atoms with Crippen LogP contribution >= 0.6 is 11.3 Å². The summed E-state index contributed by atoms with van der Waals surface area (Å²) in [4.78, 5) is 5.47. The Hall–Kier alpha value is -1.72. The van der Waals surface area contributed by atoms with E-state index in [9.17, 15) is 4.39 Å². The Morgan fingerprint density at radius 3 is 3.05 bits per heavy atom. The average Bonchev–Trinajstić information content (AvgIpc) is 2.97. The van der Waals surface area contributed by atoms with Crippen molar-refractivity contribution in [3.63, 3.8) is 0 Å². The third-order valence-electron chi connectivity index (χ3n) is 3.10. The summed E-state index contributed by atoms with van der Waals surface area (Å²) in [6.07, 6.45) is 3.98. The minimum Gasteiger partial charge on any atom is -0.304 e. The highest BCUT2D eigenvalue weighted by molar-refractivity contribution is 7.15. The van der Waals surface area contributed by atoms with Gasteiger partial charge in [0.1, 0.15) is 5.82 Å². The van der Waals surface area contributed by atoms with Crippen molar-refractivity contribution in [1.82, 2.24) is 14.7 Å². The van der Waals surface area contributed by atoms with E-state index in [1.807, 2.05) is 35.2 Å². The second-order valence-electron chi connectivity index (χ2n) is 4.45. The zero-order valence-corrected chi connectivity index (χ0v) is 11.3. The molecule has 1 N–H and O–H groups in total. The lowest BCUT2D eigenvalue weighted by atomic mass is 10.1. The highest BCUT2D eigenvalue weighted by Crippen LogP contribution is 2.17. The maximum absolute atomic E-state index is 13.6. The molecule has 0 aliphatic rings. The monoisotopic (exact) mass is 275 g/mol. The first-order valence-corrected chi connectivity index (χ1v) is 7.01. The molecule has 0 radical (unpaired) electrons. The van der Waals surface area contributed by atoms with Crippen molar-refractivity contribution < 1.29 is 4.39 Å². The summed E-state index contributed by atoms with van der Waals surface area (Å²) in [5.41, 5.74) is 1.65. The van der Waals surface area contributed by atoms with Crippen molar-refractivity contribution in [1.29, 1.82) is 0 Å². The van der Waals surface area contributed by atoms with Gasteiger partial charge in [-0.25, -0.2) is 9.37 Å². The van der Waals surface area contributed by atoms with Crippen LogP contribution in [0.5, 0.6) is 0 Å². The topological polar surface area (TPSA) is 29.3 Å². The number of hydrogen-bond acceptors (Lipinski definition) is 3. The summed E-state index contributed by atoms with van der Waals surface area (Å²) in [6.45, 7) is 2.58. The fourth-order valence-electron chi connectivity index (χ4n) is 2.06. The Morgan fingerprint density at radius 1 is 1.42 bits per heavy atom. The SMILES string of the molecule is C[C@@H](NCc1cn2ccsc2n1)c1ccccc1F. The second-order valence-corrected chi connectivity index (χ2v) is 5.32. The van der Waals surface area contributed by atoms with Crippen molar-refractivity contribution in [2.45, 2.75) is 19.5 Å². The van der Waals surface area contributed by atoms with Crippen LogP contribution in [0.4, 0.5) is 4.39 Å². The third-order valence-corrected chi connectivity index (χ3v) is 3.87. The molecule has 1 aromatic carbocycles. The maximum atomic E-state index is 13.6. The van der Waals surface area contributed by atoms with Gasteiger partial charge in [-0.3, -0.25) is 4.40 Å². The van der Waals surface area contributed by atoms with E-state index >= 15 is 0 Å². The van der Waals surface area contributed by atoms with Gasteiger partial charge in [0.25, 0.3) is 0 Å². The first-order chi connectivity index (χ1) is 9.24. The fourth-order valence-corrected chi connectivity index (χ4v) is 2.77. The van der Waals surface area contributed by atoms with Crippen LogP contribution in [0.2, 0.25) is 0 Å². The van der Waals surface area contributed by atoms with Crippen molar-refractivity contribution in [2.75, 3.05) is 0 Å². The number of imidazole rings is 1. The van der Waals surface area contributed by atoms with Gasteiger partial charge >= 0.3 is 0 Å². The van der Waals surface area contributed by atoms with Crippen LogP contribution < -0.4 is 5.32 Å². The average molecular weight is 275 g/mol. The number of benzene rings is 1. The van der Waals surface area contributed by atoms with Gasteiger partial charge in [0, 0.05) is 35.9 Å². The Balaban J connectivity index is 1.69. The standard InChI is InChI=1S/C14H14FN3S/c1-10(12-4-2-3-5-13(12)15)16-8-11-9-18-6-7-19-14(18)17-11/h2-7,9-10,16H,8H2,1H3/t10-/m1/s1. The van der Waals surface area contributed by atoms with Crippen molar-refractivity contribution in [2.24, 2.45) is 0 Å². The molecule has 2 aromatic heterocycles. The van der Waals surface area contributed by atoms with Crippen molar-refractivity contribution in [3.8, 4) is 0 Å². The predicted octanol–water partition coefficient (Wildman–Crippen LogP) is 3.39. The number of nitrogens with zero attached hydrogens (tertiary/aromatic N) is 2. The summed E-state index contributed by atoms with van der Waals surface area (Å²) in [5.74, 6) is -0.173. The lowest BCUT2D eigenvalue weighted by Gasteiger charge is -2.13. The number of thiazole rings is 1. The van der Waals surface area contributed by atoms with Gasteiger partial charge in [-0.15, -0.1) is 11.3 Å². The summed E-state index contributed by atoms with van der Waals surface area (Å²) in [7, 11) is 0. The Kier molecular flexibility index (Phi) is 3.31. The largest absolute Gasteiger partial charge is 0.304 e. The van der Waals surface area contributed by atoms with Crippen LogP contribution in [0.25, 0.3) is 4.96 Å². The molecule has 3 aromatic rings. The van der Waals surface area contributed by atoms with Crippen molar-refractivity contribution in [3.05, 3.63) is 59.1 Å². The Labute approximate surface area is 114 Å². The zero-order chi connectivity index (χ0) is 13.2. The molecule has 98 valence electrons. The maximum Gasteiger partial charge on any atom is 0.193 e. The smallest absolute Gasteiger partial charge is 0.193 e. The molecule has 19 heavy (non-hydrogen) atoms. The number of hydrogen-bond donors (Lipinski definition) is 1. The normalized spacial score (nSPS) is 12.9. The van der Waals surface area contributed by atoms with Crippen LogP contribution in [0.1, 0.15) is 24.2 Å². The molecule has 1 atom stereocenters. The summed E-state index contributed by atoms with van der Waals surface area (Å²) in [5, 5.41) is 5.30. The van der Waals surface area contributed by atoms with Gasteiger partial charge in [0.05, 0.1) is 5.69 Å². The van der Waals surface area contributed by atoms with E-state index in [2.05, 4.69) is 10.3 Å². The quantitative estimate of drug-likeness (QED) is 0.791. The molecule has 0 spiro atoms. The third kappa shape index (κ3) is 2.52. The molecule has 2 heterocycles. The molecular formula is C14H14FN3S. The molecule has 0 saturated heterocycles. The number of nitrogens with one attached hydrogen (secondary N) is 1. The van der Waals surface area contributed by atoms with Gasteiger partial charge in [-0.05, 0) is 13.0 Å². The highest BCUT2D eigenvalue weighted by Gasteiger charge is 2.10. The molecule has 0 aliphatic carbocycles. The molecule has 3 rings (SSSR count). The van der Waals surface area contributed by atoms with E-state index in [0.717, 1.165) is 10.7 Å². The van der Waals surface area contributed by atoms with Crippen LogP contribution in [-0.2, 0) is 6.54 Å². The van der Waals surface area contributed by atoms with Crippen LogP contribution in [0.15, 0.2) is 42.0 Å². The lowest BCUT2D eigenvalue weighted by Crippen LogP contribution is -2.19. The van der Waals surface area contributed by atoms with E-state index < -0.39 is 0 Å². The molecule has 0 fully saturated rings. The van der Waals surface area contributed by atoms with Crippen LogP contribution in [-0.4, -0.2) is 9.38 Å².